The number of hydrogen-bond donors (Lipinski definition) is 0. The molecule has 0 saturated heterocycles. The zero-order valence-corrected chi connectivity index (χ0v) is 11.1. The predicted molar refractivity (Wildman–Crippen MR) is 75.4 cm³/mol. The van der Waals surface area contributed by atoms with Gasteiger partial charge in [0.05, 0.1) is 9.85 Å². The summed E-state index contributed by atoms with van der Waals surface area (Å²) in [5.41, 5.74) is 0.0951. The smallest absolute Gasteiger partial charge is 0.270 e. The SMILES string of the molecule is O=C(Cl)c1ccc([N+](=O)[O-])cc1-c1cccc([N+](=O)[O-])c1. The van der Waals surface area contributed by atoms with Crippen LogP contribution in [-0.4, -0.2) is 15.1 Å². The van der Waals surface area contributed by atoms with Crippen LogP contribution < -0.4 is 0 Å². The molecule has 0 bridgehead atoms. The van der Waals surface area contributed by atoms with Crippen LogP contribution in [-0.2, 0) is 0 Å². The van der Waals surface area contributed by atoms with Crippen molar-refractivity contribution in [1.82, 2.24) is 0 Å². The molecular weight excluding hydrogens is 300 g/mol. The van der Waals surface area contributed by atoms with Crippen molar-refractivity contribution >= 4 is 28.2 Å². The second-order valence-corrected chi connectivity index (χ2v) is 4.41. The number of nitro groups is 2. The summed E-state index contributed by atoms with van der Waals surface area (Å²) < 4.78 is 0. The van der Waals surface area contributed by atoms with Gasteiger partial charge >= 0.3 is 0 Å². The highest BCUT2D eigenvalue weighted by atomic mass is 35.5. The van der Waals surface area contributed by atoms with Gasteiger partial charge in [0, 0.05) is 35.4 Å². The maximum absolute atomic E-state index is 11.4. The van der Waals surface area contributed by atoms with Crippen LogP contribution in [0.4, 0.5) is 11.4 Å². The fraction of sp³-hybridized carbons (Fsp3) is 0. The lowest BCUT2D eigenvalue weighted by atomic mass is 9.99. The van der Waals surface area contributed by atoms with Crippen LogP contribution in [0.15, 0.2) is 42.5 Å². The first-order valence-electron chi connectivity index (χ1n) is 5.63. The minimum absolute atomic E-state index is 0.0442. The molecule has 2 rings (SSSR count). The molecule has 8 heteroatoms. The lowest BCUT2D eigenvalue weighted by molar-refractivity contribution is -0.385. The molecule has 106 valence electrons. The van der Waals surface area contributed by atoms with Crippen molar-refractivity contribution in [3.8, 4) is 11.1 Å². The summed E-state index contributed by atoms with van der Waals surface area (Å²) in [7, 11) is 0. The van der Waals surface area contributed by atoms with Crippen LogP contribution in [0, 0.1) is 20.2 Å². The van der Waals surface area contributed by atoms with Gasteiger partial charge in [-0.2, -0.15) is 0 Å². The molecular formula is C13H7ClN2O5. The van der Waals surface area contributed by atoms with Gasteiger partial charge in [-0.1, -0.05) is 12.1 Å². The van der Waals surface area contributed by atoms with Gasteiger partial charge in [0.1, 0.15) is 0 Å². The van der Waals surface area contributed by atoms with E-state index >= 15 is 0 Å². The number of halogens is 1. The molecule has 0 saturated carbocycles. The van der Waals surface area contributed by atoms with Gasteiger partial charge in [-0.15, -0.1) is 0 Å². The zero-order valence-electron chi connectivity index (χ0n) is 10.4. The summed E-state index contributed by atoms with van der Waals surface area (Å²) in [5, 5.41) is 20.8. The summed E-state index contributed by atoms with van der Waals surface area (Å²) in [5.74, 6) is 0. The minimum Gasteiger partial charge on any atom is -0.276 e. The lowest BCUT2D eigenvalue weighted by Gasteiger charge is -2.06. The minimum atomic E-state index is -0.800. The first kappa shape index (κ1) is 14.6. The number of nitrogens with zero attached hydrogens (tertiary/aromatic N) is 2. The van der Waals surface area contributed by atoms with Crippen molar-refractivity contribution in [2.75, 3.05) is 0 Å². The van der Waals surface area contributed by atoms with Gasteiger partial charge in [-0.05, 0) is 23.2 Å². The number of nitro benzene ring substituents is 2. The fourth-order valence-electron chi connectivity index (χ4n) is 1.84. The Morgan fingerprint density at radius 2 is 1.57 bits per heavy atom. The molecule has 7 nitrogen and oxygen atoms in total. The highest BCUT2D eigenvalue weighted by Gasteiger charge is 2.17. The van der Waals surface area contributed by atoms with Crippen molar-refractivity contribution in [3.05, 3.63) is 68.3 Å². The van der Waals surface area contributed by atoms with E-state index in [4.69, 9.17) is 11.6 Å². The predicted octanol–water partition coefficient (Wildman–Crippen LogP) is 3.55. The lowest BCUT2D eigenvalue weighted by Crippen LogP contribution is -1.97. The summed E-state index contributed by atoms with van der Waals surface area (Å²) in [4.78, 5) is 31.8. The van der Waals surface area contributed by atoms with Crippen LogP contribution in [0.1, 0.15) is 10.4 Å². The van der Waals surface area contributed by atoms with E-state index in [1.807, 2.05) is 0 Å². The Kier molecular flexibility index (Phi) is 3.95. The average molecular weight is 307 g/mol. The molecule has 0 unspecified atom stereocenters. The third-order valence-corrected chi connectivity index (χ3v) is 3.00. The maximum atomic E-state index is 11.4. The molecule has 0 spiro atoms. The van der Waals surface area contributed by atoms with Crippen molar-refractivity contribution in [2.45, 2.75) is 0 Å². The third-order valence-electron chi connectivity index (χ3n) is 2.79. The Morgan fingerprint density at radius 1 is 0.952 bits per heavy atom. The van der Waals surface area contributed by atoms with E-state index in [1.54, 1.807) is 0 Å². The van der Waals surface area contributed by atoms with E-state index in [0.29, 0.717) is 5.56 Å². The normalized spacial score (nSPS) is 10.1. The van der Waals surface area contributed by atoms with E-state index in [9.17, 15) is 25.0 Å². The van der Waals surface area contributed by atoms with E-state index in [0.717, 1.165) is 12.1 Å². The molecule has 2 aromatic carbocycles. The number of benzene rings is 2. The Balaban J connectivity index is 2.68. The van der Waals surface area contributed by atoms with Crippen LogP contribution >= 0.6 is 11.6 Å². The molecule has 0 aliphatic heterocycles. The molecule has 0 heterocycles. The highest BCUT2D eigenvalue weighted by molar-refractivity contribution is 6.68. The molecule has 0 aliphatic carbocycles. The van der Waals surface area contributed by atoms with Gasteiger partial charge in [-0.25, -0.2) is 0 Å². The third kappa shape index (κ3) is 3.03. The molecule has 2 aromatic rings. The quantitative estimate of drug-likeness (QED) is 0.488. The molecule has 0 aromatic heterocycles. The highest BCUT2D eigenvalue weighted by Crippen LogP contribution is 2.31. The molecule has 0 atom stereocenters. The molecule has 0 N–H and O–H groups in total. The summed E-state index contributed by atoms with van der Waals surface area (Å²) in [6, 6.07) is 8.97. The average Bonchev–Trinajstić information content (AvgIpc) is 2.46. The van der Waals surface area contributed by atoms with Crippen molar-refractivity contribution < 1.29 is 14.6 Å². The van der Waals surface area contributed by atoms with Crippen molar-refractivity contribution in [3.63, 3.8) is 0 Å². The molecule has 0 amide bonds. The largest absolute Gasteiger partial charge is 0.276 e. The van der Waals surface area contributed by atoms with Gasteiger partial charge in [0.25, 0.3) is 16.6 Å². The number of carbonyl (C=O) groups excluding carboxylic acids is 1. The second kappa shape index (κ2) is 5.68. The van der Waals surface area contributed by atoms with Crippen LogP contribution in [0.3, 0.4) is 0 Å². The number of carbonyl (C=O) groups is 1. The van der Waals surface area contributed by atoms with Crippen LogP contribution in [0.5, 0.6) is 0 Å². The Morgan fingerprint density at radius 3 is 2.14 bits per heavy atom. The molecule has 21 heavy (non-hydrogen) atoms. The van der Waals surface area contributed by atoms with Crippen molar-refractivity contribution in [1.29, 1.82) is 0 Å². The molecule has 0 fully saturated rings. The Labute approximate surface area is 123 Å². The van der Waals surface area contributed by atoms with E-state index in [1.165, 1.54) is 30.3 Å². The van der Waals surface area contributed by atoms with Crippen molar-refractivity contribution in [2.24, 2.45) is 0 Å². The monoisotopic (exact) mass is 306 g/mol. The van der Waals surface area contributed by atoms with Gasteiger partial charge in [0.15, 0.2) is 0 Å². The van der Waals surface area contributed by atoms with Crippen LogP contribution in [0.2, 0.25) is 0 Å². The Bertz CT molecular complexity index is 760. The first-order valence-corrected chi connectivity index (χ1v) is 6.01. The zero-order chi connectivity index (χ0) is 15.6. The molecule has 0 aliphatic rings. The fourth-order valence-corrected chi connectivity index (χ4v) is 2.01. The molecule has 0 radical (unpaired) electrons. The number of non-ortho nitro benzene ring substituents is 2. The van der Waals surface area contributed by atoms with Gasteiger partial charge < -0.3 is 0 Å². The summed E-state index contributed by atoms with van der Waals surface area (Å²) >= 11 is 5.45. The topological polar surface area (TPSA) is 103 Å². The first-order chi connectivity index (χ1) is 9.90. The maximum Gasteiger partial charge on any atom is 0.270 e. The van der Waals surface area contributed by atoms with Gasteiger partial charge in [0.2, 0.25) is 0 Å². The number of hydrogen-bond acceptors (Lipinski definition) is 5. The van der Waals surface area contributed by atoms with E-state index in [-0.39, 0.29) is 22.5 Å². The number of rotatable bonds is 4. The Hall–Kier alpha value is -2.80. The summed E-state index contributed by atoms with van der Waals surface area (Å²) in [6.07, 6.45) is 0. The second-order valence-electron chi connectivity index (χ2n) is 4.07. The summed E-state index contributed by atoms with van der Waals surface area (Å²) in [6.45, 7) is 0. The van der Waals surface area contributed by atoms with Gasteiger partial charge in [-0.3, -0.25) is 25.0 Å². The van der Waals surface area contributed by atoms with E-state index in [2.05, 4.69) is 0 Å². The standard InChI is InChI=1S/C13H7ClN2O5/c14-13(17)11-5-4-10(16(20)21)7-12(11)8-2-1-3-9(6-8)15(18)19/h1-7H. The van der Waals surface area contributed by atoms with Crippen LogP contribution in [0.25, 0.3) is 11.1 Å². The van der Waals surface area contributed by atoms with E-state index < -0.39 is 15.1 Å².